The molecule has 4 aromatic carbocycles. The topological polar surface area (TPSA) is 57.5 Å². The average molecular weight is 467 g/mol. The second-order valence-electron chi connectivity index (χ2n) is 8.07. The number of ether oxygens (including phenoxy) is 2. The van der Waals surface area contributed by atoms with Gasteiger partial charge in [-0.1, -0.05) is 48.5 Å². The lowest BCUT2D eigenvalue weighted by molar-refractivity contribution is 0.0527. The van der Waals surface area contributed by atoms with Crippen LogP contribution in [0.2, 0.25) is 0 Å². The number of fused-ring (bicyclic) bond motifs is 3. The molecule has 0 unspecified atom stereocenters. The molecule has 5 aromatic rings. The Morgan fingerprint density at radius 2 is 1.54 bits per heavy atom. The van der Waals surface area contributed by atoms with Crippen LogP contribution in [0.3, 0.4) is 0 Å². The van der Waals surface area contributed by atoms with Crippen molar-refractivity contribution < 1.29 is 23.5 Å². The highest BCUT2D eigenvalue weighted by Crippen LogP contribution is 2.40. The lowest BCUT2D eigenvalue weighted by atomic mass is 10.0. The summed E-state index contributed by atoms with van der Waals surface area (Å²) in [5.74, 6) is -1.40. The normalized spacial score (nSPS) is 11.1. The SMILES string of the molecule is CCOC(=O)c1c(C)n(-c2ccccc2)c2c1cc(OC(=O)c1cccc(F)c1)c1ccccc12. The van der Waals surface area contributed by atoms with Gasteiger partial charge in [-0.05, 0) is 50.2 Å². The van der Waals surface area contributed by atoms with E-state index in [2.05, 4.69) is 0 Å². The molecule has 0 atom stereocenters. The number of hydrogen-bond donors (Lipinski definition) is 0. The summed E-state index contributed by atoms with van der Waals surface area (Å²) in [6.07, 6.45) is 0. The number of carbonyl (C=O) groups excluding carboxylic acids is 2. The number of para-hydroxylation sites is 1. The first-order valence-corrected chi connectivity index (χ1v) is 11.3. The predicted octanol–water partition coefficient (Wildman–Crippen LogP) is 6.63. The molecule has 1 aromatic heterocycles. The molecule has 0 aliphatic heterocycles. The smallest absolute Gasteiger partial charge is 0.343 e. The number of benzene rings is 4. The zero-order valence-electron chi connectivity index (χ0n) is 19.2. The highest BCUT2D eigenvalue weighted by molar-refractivity contribution is 6.17. The van der Waals surface area contributed by atoms with E-state index in [1.54, 1.807) is 13.0 Å². The lowest BCUT2D eigenvalue weighted by Gasteiger charge is -2.13. The van der Waals surface area contributed by atoms with Crippen LogP contribution in [0.5, 0.6) is 5.75 Å². The number of nitrogens with zero attached hydrogens (tertiary/aromatic N) is 1. The molecule has 0 N–H and O–H groups in total. The number of hydrogen-bond acceptors (Lipinski definition) is 4. The van der Waals surface area contributed by atoms with Crippen molar-refractivity contribution in [3.05, 3.63) is 108 Å². The Bertz CT molecular complexity index is 1590. The van der Waals surface area contributed by atoms with Crippen molar-refractivity contribution >= 4 is 33.6 Å². The van der Waals surface area contributed by atoms with Crippen LogP contribution in [0.25, 0.3) is 27.4 Å². The van der Waals surface area contributed by atoms with Crippen molar-refractivity contribution in [3.8, 4) is 11.4 Å². The molecule has 6 heteroatoms. The van der Waals surface area contributed by atoms with Crippen LogP contribution < -0.4 is 4.74 Å². The van der Waals surface area contributed by atoms with Crippen molar-refractivity contribution in [1.82, 2.24) is 4.57 Å². The highest BCUT2D eigenvalue weighted by Gasteiger charge is 2.25. The van der Waals surface area contributed by atoms with Gasteiger partial charge >= 0.3 is 11.9 Å². The summed E-state index contributed by atoms with van der Waals surface area (Å²) < 4.78 is 26.8. The third kappa shape index (κ3) is 3.93. The molecule has 5 rings (SSSR count). The number of halogens is 1. The summed E-state index contributed by atoms with van der Waals surface area (Å²) in [4.78, 5) is 25.9. The fourth-order valence-corrected chi connectivity index (χ4v) is 4.45. The van der Waals surface area contributed by atoms with Gasteiger partial charge in [0.2, 0.25) is 0 Å². The maximum absolute atomic E-state index is 13.7. The van der Waals surface area contributed by atoms with Gasteiger partial charge in [-0.2, -0.15) is 0 Å². The number of carbonyl (C=O) groups is 2. The molecule has 5 nitrogen and oxygen atoms in total. The van der Waals surface area contributed by atoms with Gasteiger partial charge in [0, 0.05) is 27.5 Å². The zero-order chi connectivity index (χ0) is 24.5. The molecule has 0 spiro atoms. The maximum Gasteiger partial charge on any atom is 0.343 e. The van der Waals surface area contributed by atoms with Gasteiger partial charge < -0.3 is 14.0 Å². The van der Waals surface area contributed by atoms with Gasteiger partial charge in [-0.3, -0.25) is 0 Å². The van der Waals surface area contributed by atoms with Crippen LogP contribution in [0.15, 0.2) is 84.9 Å². The Morgan fingerprint density at radius 3 is 2.26 bits per heavy atom. The maximum atomic E-state index is 13.7. The quantitative estimate of drug-likeness (QED) is 0.215. The van der Waals surface area contributed by atoms with E-state index in [9.17, 15) is 14.0 Å². The van der Waals surface area contributed by atoms with E-state index in [1.807, 2.05) is 66.1 Å². The van der Waals surface area contributed by atoms with E-state index in [0.717, 1.165) is 22.7 Å². The van der Waals surface area contributed by atoms with Gasteiger partial charge in [-0.15, -0.1) is 0 Å². The first kappa shape index (κ1) is 22.3. The van der Waals surface area contributed by atoms with E-state index in [0.29, 0.717) is 22.0 Å². The Hall–Kier alpha value is -4.45. The minimum Gasteiger partial charge on any atom is -0.462 e. The largest absolute Gasteiger partial charge is 0.462 e. The monoisotopic (exact) mass is 467 g/mol. The summed E-state index contributed by atoms with van der Waals surface area (Å²) in [5, 5.41) is 2.09. The average Bonchev–Trinajstić information content (AvgIpc) is 3.16. The minimum absolute atomic E-state index is 0.0952. The van der Waals surface area contributed by atoms with Crippen molar-refractivity contribution in [2.24, 2.45) is 0 Å². The van der Waals surface area contributed by atoms with Gasteiger partial charge in [0.25, 0.3) is 0 Å². The van der Waals surface area contributed by atoms with Crippen molar-refractivity contribution in [2.75, 3.05) is 6.61 Å². The molecule has 0 saturated carbocycles. The Balaban J connectivity index is 1.80. The van der Waals surface area contributed by atoms with E-state index in [-0.39, 0.29) is 17.9 Å². The zero-order valence-corrected chi connectivity index (χ0v) is 19.2. The van der Waals surface area contributed by atoms with E-state index in [1.165, 1.54) is 18.2 Å². The minimum atomic E-state index is -0.689. The van der Waals surface area contributed by atoms with Crippen LogP contribution in [0, 0.1) is 12.7 Å². The summed E-state index contributed by atoms with van der Waals surface area (Å²) >= 11 is 0. The van der Waals surface area contributed by atoms with E-state index >= 15 is 0 Å². The van der Waals surface area contributed by atoms with Crippen molar-refractivity contribution in [3.63, 3.8) is 0 Å². The van der Waals surface area contributed by atoms with E-state index in [4.69, 9.17) is 9.47 Å². The van der Waals surface area contributed by atoms with Gasteiger partial charge in [0.15, 0.2) is 0 Å². The standard InChI is InChI=1S/C29H22FNO4/c1-3-34-29(33)26-18(2)31(21-12-5-4-6-13-21)27-23-15-8-7-14-22(23)25(17-24(26)27)35-28(32)19-10-9-11-20(30)16-19/h4-17H,3H2,1-2H3. The van der Waals surface area contributed by atoms with Crippen LogP contribution in [0.1, 0.15) is 33.3 Å². The number of aromatic nitrogens is 1. The third-order valence-electron chi connectivity index (χ3n) is 5.93. The Morgan fingerprint density at radius 1 is 0.829 bits per heavy atom. The summed E-state index contributed by atoms with van der Waals surface area (Å²) in [5.41, 5.74) is 2.90. The fraction of sp³-hybridized carbons (Fsp3) is 0.103. The molecule has 0 saturated heterocycles. The summed E-state index contributed by atoms with van der Waals surface area (Å²) in [6.45, 7) is 3.85. The predicted molar refractivity (Wildman–Crippen MR) is 133 cm³/mol. The summed E-state index contributed by atoms with van der Waals surface area (Å²) in [7, 11) is 0. The lowest BCUT2D eigenvalue weighted by Crippen LogP contribution is -2.09. The van der Waals surface area contributed by atoms with Crippen molar-refractivity contribution in [2.45, 2.75) is 13.8 Å². The van der Waals surface area contributed by atoms with Gasteiger partial charge in [-0.25, -0.2) is 14.0 Å². The van der Waals surface area contributed by atoms with Crippen molar-refractivity contribution in [1.29, 1.82) is 0 Å². The van der Waals surface area contributed by atoms with E-state index < -0.39 is 17.8 Å². The number of esters is 2. The molecule has 0 fully saturated rings. The third-order valence-corrected chi connectivity index (χ3v) is 5.93. The molecule has 174 valence electrons. The van der Waals surface area contributed by atoms with Gasteiger partial charge in [0.1, 0.15) is 11.6 Å². The first-order valence-electron chi connectivity index (χ1n) is 11.3. The highest BCUT2D eigenvalue weighted by atomic mass is 19.1. The van der Waals surface area contributed by atoms with Crippen LogP contribution >= 0.6 is 0 Å². The molecular weight excluding hydrogens is 445 g/mol. The van der Waals surface area contributed by atoms with Crippen LogP contribution in [0.4, 0.5) is 4.39 Å². The molecular formula is C29H22FNO4. The molecule has 0 amide bonds. The Kier molecular flexibility index (Phi) is 5.79. The Labute approximate surface area is 201 Å². The number of rotatable bonds is 5. The molecule has 35 heavy (non-hydrogen) atoms. The second kappa shape index (κ2) is 9.06. The van der Waals surface area contributed by atoms with Crippen LogP contribution in [-0.4, -0.2) is 23.1 Å². The van der Waals surface area contributed by atoms with Gasteiger partial charge in [0.05, 0.1) is 23.3 Å². The summed E-state index contributed by atoms with van der Waals surface area (Å²) in [6, 6.07) is 24.3. The first-order chi connectivity index (χ1) is 17.0. The molecule has 0 bridgehead atoms. The van der Waals surface area contributed by atoms with Crippen LogP contribution in [-0.2, 0) is 4.74 Å². The molecule has 1 heterocycles. The second-order valence-corrected chi connectivity index (χ2v) is 8.07. The fourth-order valence-electron chi connectivity index (χ4n) is 4.45. The molecule has 0 radical (unpaired) electrons. The molecule has 0 aliphatic carbocycles. The molecule has 0 aliphatic rings.